The molecule has 1 aliphatic carbocycles. The van der Waals surface area contributed by atoms with Crippen LogP contribution in [0.1, 0.15) is 110 Å². The van der Waals surface area contributed by atoms with Crippen LogP contribution in [0.2, 0.25) is 0 Å². The maximum atomic E-state index is 6.22. The lowest BCUT2D eigenvalue weighted by atomic mass is 9.94. The summed E-state index contributed by atoms with van der Waals surface area (Å²) >= 11 is 4.89. The summed E-state index contributed by atoms with van der Waals surface area (Å²) in [6, 6.07) is 0.450. The van der Waals surface area contributed by atoms with Crippen molar-refractivity contribution in [1.29, 1.82) is 0 Å². The van der Waals surface area contributed by atoms with Gasteiger partial charge in [0.1, 0.15) is 0 Å². The van der Waals surface area contributed by atoms with Crippen molar-refractivity contribution < 1.29 is 0 Å². The highest BCUT2D eigenvalue weighted by atomic mass is 32.1. The first-order chi connectivity index (χ1) is 10.1. The van der Waals surface area contributed by atoms with E-state index in [-0.39, 0.29) is 4.75 Å². The zero-order valence-electron chi connectivity index (χ0n) is 14.4. The van der Waals surface area contributed by atoms with Gasteiger partial charge in [0.25, 0.3) is 0 Å². The second-order valence-electron chi connectivity index (χ2n) is 7.58. The highest BCUT2D eigenvalue weighted by Gasteiger charge is 2.17. The van der Waals surface area contributed by atoms with Crippen LogP contribution in [0.5, 0.6) is 0 Å². The smallest absolute Gasteiger partial charge is 0.0101 e. The highest BCUT2D eigenvalue weighted by molar-refractivity contribution is 7.81. The summed E-state index contributed by atoms with van der Waals surface area (Å²) in [5, 5.41) is 0. The van der Waals surface area contributed by atoms with Gasteiger partial charge in [0, 0.05) is 10.8 Å². The van der Waals surface area contributed by atoms with Gasteiger partial charge in [0.15, 0.2) is 0 Å². The van der Waals surface area contributed by atoms with E-state index < -0.39 is 0 Å². The molecule has 0 heterocycles. The van der Waals surface area contributed by atoms with Gasteiger partial charge in [0.2, 0.25) is 0 Å². The van der Waals surface area contributed by atoms with Crippen molar-refractivity contribution >= 4 is 12.6 Å². The van der Waals surface area contributed by atoms with Gasteiger partial charge in [-0.25, -0.2) is 0 Å². The molecule has 1 rings (SSSR count). The summed E-state index contributed by atoms with van der Waals surface area (Å²) in [4.78, 5) is 0. The molecule has 0 spiro atoms. The third-order valence-corrected chi connectivity index (χ3v) is 5.53. The van der Waals surface area contributed by atoms with E-state index in [1.54, 1.807) is 0 Å². The first kappa shape index (κ1) is 19.4. The van der Waals surface area contributed by atoms with E-state index in [1.807, 2.05) is 0 Å². The minimum Gasteiger partial charge on any atom is -0.328 e. The van der Waals surface area contributed by atoms with Crippen LogP contribution in [0.25, 0.3) is 0 Å². The molecule has 0 aliphatic heterocycles. The first-order valence-electron chi connectivity index (χ1n) is 9.58. The van der Waals surface area contributed by atoms with Gasteiger partial charge in [-0.05, 0) is 25.7 Å². The lowest BCUT2D eigenvalue weighted by Crippen LogP contribution is -2.20. The van der Waals surface area contributed by atoms with Crippen LogP contribution in [-0.2, 0) is 0 Å². The molecule has 126 valence electrons. The minimum atomic E-state index is 0.257. The minimum absolute atomic E-state index is 0.257. The fraction of sp³-hybridized carbons (Fsp3) is 1.00. The molecular weight excluding hydrogens is 274 g/mol. The Bertz CT molecular complexity index is 240. The summed E-state index contributed by atoms with van der Waals surface area (Å²) in [5.41, 5.74) is 6.22. The molecule has 2 atom stereocenters. The third-order valence-electron chi connectivity index (χ3n) is 5.08. The van der Waals surface area contributed by atoms with E-state index in [2.05, 4.69) is 6.92 Å². The molecule has 0 radical (unpaired) electrons. The number of nitrogens with two attached hydrogens (primary N) is 1. The van der Waals surface area contributed by atoms with Gasteiger partial charge in [-0.2, -0.15) is 12.6 Å². The predicted molar refractivity (Wildman–Crippen MR) is 99.2 cm³/mol. The molecule has 0 bridgehead atoms. The molecule has 2 unspecified atom stereocenters. The van der Waals surface area contributed by atoms with Gasteiger partial charge < -0.3 is 5.73 Å². The predicted octanol–water partition coefficient (Wildman–Crippen LogP) is 6.26. The van der Waals surface area contributed by atoms with E-state index in [9.17, 15) is 0 Å². The van der Waals surface area contributed by atoms with E-state index in [4.69, 9.17) is 18.4 Å². The van der Waals surface area contributed by atoms with E-state index in [0.29, 0.717) is 6.04 Å². The quantitative estimate of drug-likeness (QED) is 0.507. The average Bonchev–Trinajstić information content (AvgIpc) is 2.43. The summed E-state index contributed by atoms with van der Waals surface area (Å²) in [5.74, 6) is 0. The van der Waals surface area contributed by atoms with Crippen molar-refractivity contribution in [1.82, 2.24) is 0 Å². The van der Waals surface area contributed by atoms with Gasteiger partial charge in [0.05, 0.1) is 0 Å². The Labute approximate surface area is 139 Å². The summed E-state index contributed by atoms with van der Waals surface area (Å²) < 4.78 is 0.257. The van der Waals surface area contributed by atoms with Crippen molar-refractivity contribution in [3.63, 3.8) is 0 Å². The van der Waals surface area contributed by atoms with Crippen LogP contribution in [0.3, 0.4) is 0 Å². The fourth-order valence-corrected chi connectivity index (χ4v) is 3.82. The zero-order valence-corrected chi connectivity index (χ0v) is 15.3. The normalized spacial score (nSPS) is 33.0. The van der Waals surface area contributed by atoms with E-state index in [0.717, 1.165) is 0 Å². The number of hydrogen-bond acceptors (Lipinski definition) is 2. The van der Waals surface area contributed by atoms with Crippen LogP contribution in [0, 0.1) is 0 Å². The lowest BCUT2D eigenvalue weighted by Gasteiger charge is -2.23. The van der Waals surface area contributed by atoms with Gasteiger partial charge in [-0.1, -0.05) is 84.0 Å². The Kier molecular flexibility index (Phi) is 10.9. The lowest BCUT2D eigenvalue weighted by molar-refractivity contribution is 0.447. The molecule has 2 N–H and O–H groups in total. The molecule has 0 amide bonds. The molecule has 1 nitrogen and oxygen atoms in total. The molecule has 1 fully saturated rings. The van der Waals surface area contributed by atoms with E-state index in [1.165, 1.54) is 103 Å². The molecule has 0 aromatic rings. The Hall–Kier alpha value is 0.310. The third kappa shape index (κ3) is 11.5. The molecular formula is C19H39NS. The number of thiol groups is 1. The highest BCUT2D eigenvalue weighted by Crippen LogP contribution is 2.29. The average molecular weight is 314 g/mol. The van der Waals surface area contributed by atoms with Gasteiger partial charge in [-0.3, -0.25) is 0 Å². The van der Waals surface area contributed by atoms with Crippen LogP contribution in [0.15, 0.2) is 0 Å². The molecule has 21 heavy (non-hydrogen) atoms. The Morgan fingerprint density at radius 1 is 0.667 bits per heavy atom. The van der Waals surface area contributed by atoms with Crippen LogP contribution in [0.4, 0.5) is 0 Å². The molecule has 1 saturated carbocycles. The van der Waals surface area contributed by atoms with Crippen molar-refractivity contribution in [3.05, 3.63) is 0 Å². The maximum absolute atomic E-state index is 6.22. The van der Waals surface area contributed by atoms with Crippen LogP contribution < -0.4 is 5.73 Å². The van der Waals surface area contributed by atoms with Crippen molar-refractivity contribution in [2.75, 3.05) is 0 Å². The van der Waals surface area contributed by atoms with E-state index >= 15 is 0 Å². The summed E-state index contributed by atoms with van der Waals surface area (Å²) in [7, 11) is 0. The monoisotopic (exact) mass is 313 g/mol. The Morgan fingerprint density at radius 3 is 1.48 bits per heavy atom. The van der Waals surface area contributed by atoms with Crippen molar-refractivity contribution in [2.45, 2.75) is 120 Å². The largest absolute Gasteiger partial charge is 0.328 e. The van der Waals surface area contributed by atoms with Gasteiger partial charge in [-0.15, -0.1) is 0 Å². The molecule has 0 saturated heterocycles. The number of rotatable bonds is 0. The summed E-state index contributed by atoms with van der Waals surface area (Å²) in [6.45, 7) is 2.33. The zero-order chi connectivity index (χ0) is 15.4. The Balaban J connectivity index is 2.25. The Morgan fingerprint density at radius 2 is 1.00 bits per heavy atom. The fourth-order valence-electron chi connectivity index (χ4n) is 3.51. The summed E-state index contributed by atoms with van der Waals surface area (Å²) in [6.07, 6.45) is 21.6. The topological polar surface area (TPSA) is 26.0 Å². The van der Waals surface area contributed by atoms with Crippen molar-refractivity contribution in [3.8, 4) is 0 Å². The molecule has 0 aromatic heterocycles. The second kappa shape index (κ2) is 11.8. The molecule has 0 aromatic carbocycles. The first-order valence-corrected chi connectivity index (χ1v) is 10.0. The maximum Gasteiger partial charge on any atom is 0.0101 e. The van der Waals surface area contributed by atoms with Gasteiger partial charge >= 0.3 is 0 Å². The number of hydrogen-bond donors (Lipinski definition) is 2. The second-order valence-corrected chi connectivity index (χ2v) is 8.66. The molecule has 2 heteroatoms. The standard InChI is InChI=1S/C19H39NS/c1-19(21)16-12-8-6-4-2-3-5-7-10-14-18(20)15-11-9-13-17-19/h18,21H,2-17,20H2,1H3. The SMILES string of the molecule is CC1(S)CCCCCCCCCCCC(N)CCCCC1. The van der Waals surface area contributed by atoms with Crippen LogP contribution >= 0.6 is 12.6 Å². The van der Waals surface area contributed by atoms with Crippen molar-refractivity contribution in [2.24, 2.45) is 5.73 Å². The molecule has 1 aliphatic rings. The van der Waals surface area contributed by atoms with Crippen LogP contribution in [-0.4, -0.2) is 10.8 Å².